The summed E-state index contributed by atoms with van der Waals surface area (Å²) in [4.78, 5) is 16.3. The molecule has 0 aromatic heterocycles. The molecule has 0 atom stereocenters. The van der Waals surface area contributed by atoms with Crippen molar-refractivity contribution in [1.82, 2.24) is 20.4 Å². The van der Waals surface area contributed by atoms with Crippen LogP contribution in [0.5, 0.6) is 0 Å². The molecule has 2 N–H and O–H groups in total. The highest BCUT2D eigenvalue weighted by Crippen LogP contribution is 2.26. The quantitative estimate of drug-likeness (QED) is 0.630. The van der Waals surface area contributed by atoms with E-state index in [1.165, 1.54) is 6.07 Å². The van der Waals surface area contributed by atoms with Crippen LogP contribution in [0.2, 0.25) is 0 Å². The van der Waals surface area contributed by atoms with E-state index in [4.69, 9.17) is 0 Å². The summed E-state index contributed by atoms with van der Waals surface area (Å²) in [7, 11) is -1.99. The van der Waals surface area contributed by atoms with E-state index in [0.29, 0.717) is 17.9 Å². The van der Waals surface area contributed by atoms with E-state index < -0.39 is 10.0 Å². The number of nitrogens with one attached hydrogen (secondary N) is 2. The Kier molecular flexibility index (Phi) is 7.60. The van der Waals surface area contributed by atoms with Crippen molar-refractivity contribution in [1.29, 1.82) is 0 Å². The molecular formula is C17H26ClN5O3S. The van der Waals surface area contributed by atoms with Crippen LogP contribution < -0.4 is 10.6 Å². The Morgan fingerprint density at radius 3 is 2.74 bits per heavy atom. The molecule has 1 amide bonds. The maximum atomic E-state index is 12.2. The van der Waals surface area contributed by atoms with Crippen LogP contribution >= 0.6 is 12.4 Å². The fraction of sp³-hybridized carbons (Fsp3) is 0.529. The van der Waals surface area contributed by atoms with Crippen LogP contribution in [0.3, 0.4) is 0 Å². The summed E-state index contributed by atoms with van der Waals surface area (Å²) in [5, 5.41) is 6.21. The van der Waals surface area contributed by atoms with Gasteiger partial charge < -0.3 is 20.4 Å². The van der Waals surface area contributed by atoms with Crippen LogP contribution in [0.1, 0.15) is 12.0 Å². The third-order valence-corrected chi connectivity index (χ3v) is 5.86. The number of benzene rings is 1. The SMILES string of the molecule is CN(CC(=O)NCCCN1CCNCC1)C1=NS(=O)(=O)c2ccccc21.Cl. The Morgan fingerprint density at radius 1 is 1.30 bits per heavy atom. The number of halogens is 1. The van der Waals surface area contributed by atoms with Crippen molar-refractivity contribution in [3.05, 3.63) is 29.8 Å². The van der Waals surface area contributed by atoms with Crippen LogP contribution in [-0.2, 0) is 14.8 Å². The predicted octanol–water partition coefficient (Wildman–Crippen LogP) is -0.0994. The molecule has 0 unspecified atom stereocenters. The standard InChI is InChI=1S/C17H25N5O3S.ClH/c1-21(17-14-5-2-3-6-15(14)26(24,25)20-17)13-16(23)19-7-4-10-22-11-8-18-9-12-22;/h2-3,5-6,18H,4,7-13H2,1H3,(H,19,23);1H. The first kappa shape index (κ1) is 21.6. The largest absolute Gasteiger partial charge is 0.355 e. The Bertz CT molecular complexity index is 794. The summed E-state index contributed by atoms with van der Waals surface area (Å²) in [5.74, 6) is 0.175. The molecule has 2 aliphatic rings. The number of likely N-dealkylation sites (N-methyl/N-ethyl adjacent to an activating group) is 1. The minimum absolute atomic E-state index is 0. The predicted molar refractivity (Wildman–Crippen MR) is 107 cm³/mol. The molecule has 150 valence electrons. The lowest BCUT2D eigenvalue weighted by molar-refractivity contribution is -0.121. The van der Waals surface area contributed by atoms with Gasteiger partial charge in [0, 0.05) is 45.3 Å². The smallest absolute Gasteiger partial charge is 0.285 e. The second-order valence-electron chi connectivity index (χ2n) is 6.54. The molecule has 1 aromatic carbocycles. The molecule has 3 rings (SSSR count). The zero-order valence-corrected chi connectivity index (χ0v) is 17.0. The second-order valence-corrected chi connectivity index (χ2v) is 8.11. The number of carbonyl (C=O) groups excluding carboxylic acids is 1. The Labute approximate surface area is 166 Å². The summed E-state index contributed by atoms with van der Waals surface area (Å²) in [5.41, 5.74) is 0.543. The summed E-state index contributed by atoms with van der Waals surface area (Å²) in [6.45, 7) is 5.77. The zero-order valence-electron chi connectivity index (χ0n) is 15.3. The Balaban J connectivity index is 0.00000261. The van der Waals surface area contributed by atoms with Gasteiger partial charge in [0.05, 0.1) is 6.54 Å². The third kappa shape index (κ3) is 5.41. The highest BCUT2D eigenvalue weighted by molar-refractivity contribution is 7.90. The van der Waals surface area contributed by atoms with Crippen LogP contribution in [0.4, 0.5) is 0 Å². The molecule has 1 aromatic rings. The van der Waals surface area contributed by atoms with E-state index in [1.807, 2.05) is 0 Å². The molecule has 0 bridgehead atoms. The van der Waals surface area contributed by atoms with Gasteiger partial charge in [-0.1, -0.05) is 12.1 Å². The number of hydrogen-bond acceptors (Lipinski definition) is 6. The van der Waals surface area contributed by atoms with Gasteiger partial charge in [0.25, 0.3) is 10.0 Å². The van der Waals surface area contributed by atoms with Crippen molar-refractivity contribution in [3.63, 3.8) is 0 Å². The number of sulfonamides is 1. The number of carbonyl (C=O) groups is 1. The number of amidine groups is 1. The van der Waals surface area contributed by atoms with E-state index in [9.17, 15) is 13.2 Å². The van der Waals surface area contributed by atoms with Gasteiger partial charge in [-0.05, 0) is 25.1 Å². The number of piperazine rings is 1. The Morgan fingerprint density at radius 2 is 2.00 bits per heavy atom. The third-order valence-electron chi connectivity index (χ3n) is 4.54. The van der Waals surface area contributed by atoms with E-state index in [0.717, 1.165) is 39.1 Å². The number of rotatable bonds is 6. The first-order valence-electron chi connectivity index (χ1n) is 8.83. The minimum Gasteiger partial charge on any atom is -0.355 e. The van der Waals surface area contributed by atoms with Gasteiger partial charge in [0.15, 0.2) is 5.84 Å². The van der Waals surface area contributed by atoms with Gasteiger partial charge in [0.1, 0.15) is 4.90 Å². The van der Waals surface area contributed by atoms with Crippen molar-refractivity contribution >= 4 is 34.2 Å². The Hall–Kier alpha value is -1.68. The summed E-state index contributed by atoms with van der Waals surface area (Å²) in [6.07, 6.45) is 0.896. The number of hydrogen-bond donors (Lipinski definition) is 2. The van der Waals surface area contributed by atoms with Crippen LogP contribution in [0.15, 0.2) is 33.6 Å². The molecule has 0 radical (unpaired) electrons. The average molecular weight is 416 g/mol. The van der Waals surface area contributed by atoms with Crippen LogP contribution in [-0.4, -0.2) is 82.8 Å². The zero-order chi connectivity index (χ0) is 18.6. The van der Waals surface area contributed by atoms with Crippen molar-refractivity contribution < 1.29 is 13.2 Å². The molecule has 0 spiro atoms. The highest BCUT2D eigenvalue weighted by atomic mass is 35.5. The van der Waals surface area contributed by atoms with E-state index in [-0.39, 0.29) is 29.8 Å². The molecule has 2 heterocycles. The van der Waals surface area contributed by atoms with Crippen molar-refractivity contribution in [2.24, 2.45) is 4.40 Å². The lowest BCUT2D eigenvalue weighted by atomic mass is 10.2. The van der Waals surface area contributed by atoms with Gasteiger partial charge in [-0.25, -0.2) is 0 Å². The van der Waals surface area contributed by atoms with E-state index in [2.05, 4.69) is 19.9 Å². The fourth-order valence-corrected chi connectivity index (χ4v) is 4.43. The summed E-state index contributed by atoms with van der Waals surface area (Å²) in [6, 6.07) is 6.67. The molecular weight excluding hydrogens is 390 g/mol. The first-order valence-corrected chi connectivity index (χ1v) is 10.3. The van der Waals surface area contributed by atoms with Gasteiger partial charge in [0.2, 0.25) is 5.91 Å². The molecule has 1 saturated heterocycles. The van der Waals surface area contributed by atoms with Crippen LogP contribution in [0, 0.1) is 0 Å². The molecule has 27 heavy (non-hydrogen) atoms. The average Bonchev–Trinajstić information content (AvgIpc) is 2.91. The van der Waals surface area contributed by atoms with E-state index in [1.54, 1.807) is 30.1 Å². The lowest BCUT2D eigenvalue weighted by Gasteiger charge is -2.27. The van der Waals surface area contributed by atoms with Crippen molar-refractivity contribution in [2.45, 2.75) is 11.3 Å². The van der Waals surface area contributed by atoms with Gasteiger partial charge in [-0.3, -0.25) is 4.79 Å². The maximum Gasteiger partial charge on any atom is 0.285 e. The normalized spacial score (nSPS) is 18.2. The molecule has 0 aliphatic carbocycles. The monoisotopic (exact) mass is 415 g/mol. The van der Waals surface area contributed by atoms with Crippen LogP contribution in [0.25, 0.3) is 0 Å². The van der Waals surface area contributed by atoms with Gasteiger partial charge in [-0.15, -0.1) is 16.8 Å². The van der Waals surface area contributed by atoms with Crippen molar-refractivity contribution in [3.8, 4) is 0 Å². The first-order chi connectivity index (χ1) is 12.5. The number of nitrogens with zero attached hydrogens (tertiary/aromatic N) is 3. The lowest BCUT2D eigenvalue weighted by Crippen LogP contribution is -2.44. The summed E-state index contributed by atoms with van der Waals surface area (Å²) >= 11 is 0. The molecule has 1 fully saturated rings. The number of fused-ring (bicyclic) bond motifs is 1. The molecule has 2 aliphatic heterocycles. The van der Waals surface area contributed by atoms with Gasteiger partial charge in [-0.2, -0.15) is 8.42 Å². The van der Waals surface area contributed by atoms with Crippen molar-refractivity contribution in [2.75, 3.05) is 52.9 Å². The highest BCUT2D eigenvalue weighted by Gasteiger charge is 2.30. The summed E-state index contributed by atoms with van der Waals surface area (Å²) < 4.78 is 28.0. The topological polar surface area (TPSA) is 94.1 Å². The fourth-order valence-electron chi connectivity index (χ4n) is 3.18. The maximum absolute atomic E-state index is 12.2. The molecule has 8 nitrogen and oxygen atoms in total. The second kappa shape index (κ2) is 9.50. The molecule has 10 heteroatoms. The number of amides is 1. The van der Waals surface area contributed by atoms with Gasteiger partial charge >= 0.3 is 0 Å². The molecule has 0 saturated carbocycles. The minimum atomic E-state index is -3.66. The van der Waals surface area contributed by atoms with E-state index >= 15 is 0 Å².